The van der Waals surface area contributed by atoms with Crippen LogP contribution in [0.3, 0.4) is 0 Å². The van der Waals surface area contributed by atoms with Crippen molar-refractivity contribution in [2.75, 3.05) is 26.2 Å². The van der Waals surface area contributed by atoms with E-state index in [4.69, 9.17) is 0 Å². The quantitative estimate of drug-likeness (QED) is 0.896. The third kappa shape index (κ3) is 2.60. The highest BCUT2D eigenvalue weighted by Gasteiger charge is 2.31. The molecule has 2 N–H and O–H groups in total. The molecule has 0 aliphatic carbocycles. The molecule has 0 radical (unpaired) electrons. The van der Waals surface area contributed by atoms with Gasteiger partial charge in [0.15, 0.2) is 0 Å². The summed E-state index contributed by atoms with van der Waals surface area (Å²) in [6.07, 6.45) is -0.679. The van der Waals surface area contributed by atoms with Gasteiger partial charge in [-0.1, -0.05) is 15.9 Å². The number of hydrogen-bond donors (Lipinski definition) is 2. The Morgan fingerprint density at radius 1 is 1.20 bits per heavy atom. The van der Waals surface area contributed by atoms with E-state index >= 15 is 0 Å². The molecule has 1 saturated heterocycles. The van der Waals surface area contributed by atoms with E-state index in [0.29, 0.717) is 18.7 Å². The fourth-order valence-electron chi connectivity index (χ4n) is 2.81. The van der Waals surface area contributed by atoms with Gasteiger partial charge < -0.3 is 10.3 Å². The fraction of sp³-hybridized carbons (Fsp3) is 0.429. The van der Waals surface area contributed by atoms with Crippen LogP contribution >= 0.6 is 15.9 Å². The molecule has 1 fully saturated rings. The summed E-state index contributed by atoms with van der Waals surface area (Å²) in [6, 6.07) is 4.87. The van der Waals surface area contributed by atoms with E-state index in [1.807, 2.05) is 23.1 Å². The molecule has 20 heavy (non-hydrogen) atoms. The number of halogens is 3. The van der Waals surface area contributed by atoms with Crippen molar-refractivity contribution in [2.24, 2.45) is 0 Å². The van der Waals surface area contributed by atoms with Crippen LogP contribution in [0.2, 0.25) is 0 Å². The molecule has 1 atom stereocenters. The average molecular weight is 344 g/mol. The summed E-state index contributed by atoms with van der Waals surface area (Å²) >= 11 is 3.41. The summed E-state index contributed by atoms with van der Waals surface area (Å²) in [5, 5.41) is 4.06. The molecule has 1 aliphatic rings. The van der Waals surface area contributed by atoms with Gasteiger partial charge in [0, 0.05) is 53.3 Å². The van der Waals surface area contributed by atoms with E-state index in [1.165, 1.54) is 0 Å². The topological polar surface area (TPSA) is 31.1 Å². The molecule has 0 saturated carbocycles. The first-order valence-corrected chi connectivity index (χ1v) is 7.45. The number of piperazine rings is 1. The van der Waals surface area contributed by atoms with Crippen LogP contribution in [-0.2, 0) is 0 Å². The molecule has 3 rings (SSSR count). The zero-order chi connectivity index (χ0) is 14.1. The predicted molar refractivity (Wildman–Crippen MR) is 79.2 cm³/mol. The monoisotopic (exact) mass is 343 g/mol. The van der Waals surface area contributed by atoms with E-state index < -0.39 is 12.5 Å². The molecule has 0 bridgehead atoms. The fourth-order valence-corrected chi connectivity index (χ4v) is 3.17. The van der Waals surface area contributed by atoms with Crippen LogP contribution in [0.25, 0.3) is 10.9 Å². The van der Waals surface area contributed by atoms with Crippen molar-refractivity contribution in [1.29, 1.82) is 0 Å². The second-order valence-corrected chi connectivity index (χ2v) is 5.91. The van der Waals surface area contributed by atoms with Crippen molar-refractivity contribution in [3.8, 4) is 0 Å². The SMILES string of the molecule is FC(F)[C@@H](c1c[nH]c2ccc(Br)cc12)N1CCNCC1. The maximum atomic E-state index is 13.6. The molecule has 0 amide bonds. The van der Waals surface area contributed by atoms with E-state index in [-0.39, 0.29) is 0 Å². The minimum absolute atomic E-state index is 0.648. The molecule has 1 aromatic heterocycles. The molecule has 1 aliphatic heterocycles. The van der Waals surface area contributed by atoms with Crippen LogP contribution in [0.1, 0.15) is 11.6 Å². The molecule has 108 valence electrons. The Balaban J connectivity index is 2.02. The highest BCUT2D eigenvalue weighted by molar-refractivity contribution is 9.10. The molecule has 1 aromatic carbocycles. The van der Waals surface area contributed by atoms with Crippen LogP contribution in [0.5, 0.6) is 0 Å². The Bertz CT molecular complexity index is 593. The lowest BCUT2D eigenvalue weighted by molar-refractivity contribution is 0.0189. The van der Waals surface area contributed by atoms with Gasteiger partial charge in [0.1, 0.15) is 0 Å². The van der Waals surface area contributed by atoms with Crippen molar-refractivity contribution < 1.29 is 8.78 Å². The van der Waals surface area contributed by atoms with Crippen LogP contribution in [0, 0.1) is 0 Å². The lowest BCUT2D eigenvalue weighted by Gasteiger charge is -2.34. The number of alkyl halides is 2. The number of nitrogens with zero attached hydrogens (tertiary/aromatic N) is 1. The van der Waals surface area contributed by atoms with Gasteiger partial charge in [-0.2, -0.15) is 0 Å². The largest absolute Gasteiger partial charge is 0.361 e. The smallest absolute Gasteiger partial charge is 0.258 e. The third-order valence-electron chi connectivity index (χ3n) is 3.78. The normalized spacial score (nSPS) is 18.8. The highest BCUT2D eigenvalue weighted by atomic mass is 79.9. The van der Waals surface area contributed by atoms with Crippen molar-refractivity contribution >= 4 is 26.8 Å². The van der Waals surface area contributed by atoms with Gasteiger partial charge in [0.05, 0.1) is 6.04 Å². The van der Waals surface area contributed by atoms with Gasteiger partial charge in [-0.25, -0.2) is 8.78 Å². The van der Waals surface area contributed by atoms with Crippen LogP contribution < -0.4 is 5.32 Å². The van der Waals surface area contributed by atoms with Gasteiger partial charge in [-0.3, -0.25) is 4.90 Å². The van der Waals surface area contributed by atoms with Crippen LogP contribution in [-0.4, -0.2) is 42.5 Å². The first kappa shape index (κ1) is 14.0. The number of rotatable bonds is 3. The number of H-pyrrole nitrogens is 1. The maximum absolute atomic E-state index is 13.6. The lowest BCUT2D eigenvalue weighted by atomic mass is 10.0. The molecule has 0 spiro atoms. The summed E-state index contributed by atoms with van der Waals surface area (Å²) in [5.41, 5.74) is 1.57. The Morgan fingerprint density at radius 3 is 2.65 bits per heavy atom. The number of aromatic amines is 1. The average Bonchev–Trinajstić information content (AvgIpc) is 2.83. The number of nitrogens with one attached hydrogen (secondary N) is 2. The summed E-state index contributed by atoms with van der Waals surface area (Å²) in [6.45, 7) is 2.82. The van der Waals surface area contributed by atoms with Gasteiger partial charge in [-0.15, -0.1) is 0 Å². The van der Waals surface area contributed by atoms with Crippen molar-refractivity contribution in [3.63, 3.8) is 0 Å². The van der Waals surface area contributed by atoms with Gasteiger partial charge >= 0.3 is 0 Å². The molecular weight excluding hydrogens is 328 g/mol. The summed E-state index contributed by atoms with van der Waals surface area (Å²) < 4.78 is 28.1. The minimum Gasteiger partial charge on any atom is -0.361 e. The maximum Gasteiger partial charge on any atom is 0.258 e. The molecule has 2 aromatic rings. The lowest BCUT2D eigenvalue weighted by Crippen LogP contribution is -2.46. The van der Waals surface area contributed by atoms with Crippen molar-refractivity contribution in [1.82, 2.24) is 15.2 Å². The molecule has 3 nitrogen and oxygen atoms in total. The van der Waals surface area contributed by atoms with Crippen LogP contribution in [0.4, 0.5) is 8.78 Å². The summed E-state index contributed by atoms with van der Waals surface area (Å²) in [4.78, 5) is 4.96. The first-order valence-electron chi connectivity index (χ1n) is 6.66. The Hall–Kier alpha value is -0.980. The summed E-state index contributed by atoms with van der Waals surface area (Å²) in [7, 11) is 0. The Morgan fingerprint density at radius 2 is 1.95 bits per heavy atom. The second kappa shape index (κ2) is 5.79. The number of aromatic nitrogens is 1. The third-order valence-corrected chi connectivity index (χ3v) is 4.27. The van der Waals surface area contributed by atoms with E-state index in [2.05, 4.69) is 26.2 Å². The van der Waals surface area contributed by atoms with Crippen LogP contribution in [0.15, 0.2) is 28.9 Å². The number of benzene rings is 1. The molecular formula is C14H16BrF2N3. The second-order valence-electron chi connectivity index (χ2n) is 5.00. The van der Waals surface area contributed by atoms with Gasteiger partial charge in [0.25, 0.3) is 6.43 Å². The molecule has 6 heteroatoms. The van der Waals surface area contributed by atoms with Crippen molar-refractivity contribution in [2.45, 2.75) is 12.5 Å². The van der Waals surface area contributed by atoms with Crippen molar-refractivity contribution in [3.05, 3.63) is 34.4 Å². The van der Waals surface area contributed by atoms with Gasteiger partial charge in [-0.05, 0) is 18.2 Å². The Kier molecular flexibility index (Phi) is 4.05. The molecule has 2 heterocycles. The van der Waals surface area contributed by atoms with E-state index in [9.17, 15) is 8.78 Å². The van der Waals surface area contributed by atoms with E-state index in [1.54, 1.807) is 6.20 Å². The highest BCUT2D eigenvalue weighted by Crippen LogP contribution is 2.34. The standard InChI is InChI=1S/C14H16BrF2N3/c15-9-1-2-12-10(7-9)11(8-19-12)13(14(16)17)20-5-3-18-4-6-20/h1-2,7-8,13-14,18-19H,3-6H2/t13-/m1/s1. The minimum atomic E-state index is -2.40. The zero-order valence-electron chi connectivity index (χ0n) is 10.9. The first-order chi connectivity index (χ1) is 9.66. The predicted octanol–water partition coefficient (Wildman–Crippen LogP) is 3.14. The molecule has 0 unspecified atom stereocenters. The summed E-state index contributed by atoms with van der Waals surface area (Å²) in [5.74, 6) is 0. The Labute approximate surface area is 124 Å². The number of hydrogen-bond acceptors (Lipinski definition) is 2. The van der Waals surface area contributed by atoms with E-state index in [0.717, 1.165) is 28.5 Å². The van der Waals surface area contributed by atoms with Gasteiger partial charge in [0.2, 0.25) is 0 Å². The number of fused-ring (bicyclic) bond motifs is 1. The zero-order valence-corrected chi connectivity index (χ0v) is 12.5.